The third-order valence-corrected chi connectivity index (χ3v) is 1.29. The van der Waals surface area contributed by atoms with Gasteiger partial charge in [0.1, 0.15) is 0 Å². The van der Waals surface area contributed by atoms with Crippen LogP contribution in [-0.4, -0.2) is 5.91 Å². The second-order valence-electron chi connectivity index (χ2n) is 2.23. The van der Waals surface area contributed by atoms with Crippen LogP contribution in [-0.2, 0) is 4.79 Å². The normalized spacial score (nSPS) is 11.2. The van der Waals surface area contributed by atoms with Crippen molar-refractivity contribution in [3.05, 3.63) is 23.8 Å². The highest BCUT2D eigenvalue weighted by atomic mass is 16.1. The van der Waals surface area contributed by atoms with Gasteiger partial charge < -0.3 is 5.73 Å². The summed E-state index contributed by atoms with van der Waals surface area (Å²) in [6, 6.07) is 0. The van der Waals surface area contributed by atoms with Crippen molar-refractivity contribution in [3.8, 4) is 0 Å². The van der Waals surface area contributed by atoms with E-state index >= 15 is 0 Å². The minimum atomic E-state index is -0.451. The molecule has 0 aromatic carbocycles. The molecule has 1 amide bonds. The molecule has 0 aromatic heterocycles. The summed E-state index contributed by atoms with van der Waals surface area (Å²) in [6.45, 7) is 7.44. The van der Waals surface area contributed by atoms with E-state index in [0.717, 1.165) is 12.0 Å². The maximum absolute atomic E-state index is 10.4. The maximum Gasteiger partial charge on any atom is 0.248 e. The first-order chi connectivity index (χ1) is 4.57. The van der Waals surface area contributed by atoms with Crippen LogP contribution in [0.15, 0.2) is 23.8 Å². The predicted molar refractivity (Wildman–Crippen MR) is 42.4 cm³/mol. The van der Waals surface area contributed by atoms with E-state index in [4.69, 9.17) is 5.73 Å². The first kappa shape index (κ1) is 8.95. The van der Waals surface area contributed by atoms with Gasteiger partial charge in [-0.25, -0.2) is 0 Å². The molecule has 0 rings (SSSR count). The van der Waals surface area contributed by atoms with E-state index in [1.807, 2.05) is 13.8 Å². The molecule has 0 aliphatic carbocycles. The monoisotopic (exact) mass is 139 g/mol. The molecular weight excluding hydrogens is 126 g/mol. The molecule has 2 heteroatoms. The van der Waals surface area contributed by atoms with Crippen molar-refractivity contribution in [2.75, 3.05) is 0 Å². The Bertz CT molecular complexity index is 180. The second-order valence-corrected chi connectivity index (χ2v) is 2.23. The van der Waals surface area contributed by atoms with E-state index in [0.29, 0.717) is 5.57 Å². The molecule has 0 aliphatic rings. The molecule has 0 heterocycles. The summed E-state index contributed by atoms with van der Waals surface area (Å²) in [7, 11) is 0. The SMILES string of the molecule is C=C(/C=C(/C)CC)C(N)=O. The Morgan fingerprint density at radius 1 is 1.70 bits per heavy atom. The van der Waals surface area contributed by atoms with Gasteiger partial charge in [-0.2, -0.15) is 0 Å². The predicted octanol–water partition coefficient (Wildman–Crippen LogP) is 1.38. The first-order valence-electron chi connectivity index (χ1n) is 3.23. The Kier molecular flexibility index (Phi) is 3.47. The lowest BCUT2D eigenvalue weighted by Gasteiger charge is -1.94. The van der Waals surface area contributed by atoms with Crippen LogP contribution in [0.3, 0.4) is 0 Å². The number of hydrogen-bond donors (Lipinski definition) is 1. The van der Waals surface area contributed by atoms with E-state index < -0.39 is 5.91 Å². The fourth-order valence-electron chi connectivity index (χ4n) is 0.471. The maximum atomic E-state index is 10.4. The molecule has 0 radical (unpaired) electrons. The van der Waals surface area contributed by atoms with Gasteiger partial charge in [-0.3, -0.25) is 4.79 Å². The van der Waals surface area contributed by atoms with Crippen LogP contribution in [0.25, 0.3) is 0 Å². The highest BCUT2D eigenvalue weighted by Crippen LogP contribution is 2.02. The van der Waals surface area contributed by atoms with Gasteiger partial charge in [-0.05, 0) is 13.3 Å². The summed E-state index contributed by atoms with van der Waals surface area (Å²) in [5.41, 5.74) is 6.44. The lowest BCUT2D eigenvalue weighted by atomic mass is 10.1. The lowest BCUT2D eigenvalue weighted by molar-refractivity contribution is -0.114. The van der Waals surface area contributed by atoms with Gasteiger partial charge in [0.2, 0.25) is 5.91 Å². The standard InChI is InChI=1S/C8H13NO/c1-4-6(2)5-7(3)8(9)10/h5H,3-4H2,1-2H3,(H2,9,10)/b6-5-. The van der Waals surface area contributed by atoms with Crippen molar-refractivity contribution in [1.29, 1.82) is 0 Å². The van der Waals surface area contributed by atoms with Crippen molar-refractivity contribution in [1.82, 2.24) is 0 Å². The average molecular weight is 139 g/mol. The molecule has 0 aliphatic heterocycles. The summed E-state index contributed by atoms with van der Waals surface area (Å²) in [5.74, 6) is -0.451. The summed E-state index contributed by atoms with van der Waals surface area (Å²) in [4.78, 5) is 10.4. The zero-order chi connectivity index (χ0) is 8.15. The highest BCUT2D eigenvalue weighted by molar-refractivity contribution is 5.94. The quantitative estimate of drug-likeness (QED) is 0.466. The van der Waals surface area contributed by atoms with E-state index in [9.17, 15) is 4.79 Å². The molecule has 0 atom stereocenters. The van der Waals surface area contributed by atoms with Gasteiger partial charge in [-0.15, -0.1) is 0 Å². The summed E-state index contributed by atoms with van der Waals surface area (Å²) in [5, 5.41) is 0. The van der Waals surface area contributed by atoms with Crippen LogP contribution < -0.4 is 5.73 Å². The Labute approximate surface area is 61.4 Å². The number of nitrogens with two attached hydrogens (primary N) is 1. The van der Waals surface area contributed by atoms with Gasteiger partial charge >= 0.3 is 0 Å². The summed E-state index contributed by atoms with van der Waals surface area (Å²) in [6.07, 6.45) is 2.63. The van der Waals surface area contributed by atoms with Crippen LogP contribution in [0.4, 0.5) is 0 Å². The van der Waals surface area contributed by atoms with Crippen molar-refractivity contribution in [2.45, 2.75) is 20.3 Å². The zero-order valence-corrected chi connectivity index (χ0v) is 6.48. The Morgan fingerprint density at radius 3 is 2.50 bits per heavy atom. The number of carbonyl (C=O) groups excluding carboxylic acids is 1. The topological polar surface area (TPSA) is 43.1 Å². The van der Waals surface area contributed by atoms with E-state index in [-0.39, 0.29) is 0 Å². The molecule has 0 spiro atoms. The highest BCUT2D eigenvalue weighted by Gasteiger charge is 1.95. The molecule has 2 nitrogen and oxygen atoms in total. The van der Waals surface area contributed by atoms with Gasteiger partial charge in [0.25, 0.3) is 0 Å². The molecule has 2 N–H and O–H groups in total. The molecular formula is C8H13NO. The number of allylic oxidation sites excluding steroid dienone is 1. The average Bonchev–Trinajstić information content (AvgIpc) is 1.87. The molecule has 0 aromatic rings. The van der Waals surface area contributed by atoms with Crippen LogP contribution in [0.5, 0.6) is 0 Å². The molecule has 0 unspecified atom stereocenters. The van der Waals surface area contributed by atoms with Crippen molar-refractivity contribution < 1.29 is 4.79 Å². The summed E-state index contributed by atoms with van der Waals surface area (Å²) >= 11 is 0. The third-order valence-electron chi connectivity index (χ3n) is 1.29. The van der Waals surface area contributed by atoms with Crippen molar-refractivity contribution >= 4 is 5.91 Å². The van der Waals surface area contributed by atoms with E-state index in [2.05, 4.69) is 6.58 Å². The molecule has 10 heavy (non-hydrogen) atoms. The second kappa shape index (κ2) is 3.88. The van der Waals surface area contributed by atoms with Gasteiger partial charge in [0.05, 0.1) is 0 Å². The molecule has 0 bridgehead atoms. The van der Waals surface area contributed by atoms with E-state index in [1.165, 1.54) is 0 Å². The largest absolute Gasteiger partial charge is 0.366 e. The Morgan fingerprint density at radius 2 is 2.20 bits per heavy atom. The number of carbonyl (C=O) groups is 1. The van der Waals surface area contributed by atoms with Crippen LogP contribution in [0.2, 0.25) is 0 Å². The number of primary amides is 1. The fraction of sp³-hybridized carbons (Fsp3) is 0.375. The fourth-order valence-corrected chi connectivity index (χ4v) is 0.471. The molecule has 56 valence electrons. The van der Waals surface area contributed by atoms with E-state index in [1.54, 1.807) is 6.08 Å². The van der Waals surface area contributed by atoms with Crippen molar-refractivity contribution in [2.24, 2.45) is 5.73 Å². The molecule has 0 fully saturated rings. The van der Waals surface area contributed by atoms with Gasteiger partial charge in [0.15, 0.2) is 0 Å². The zero-order valence-electron chi connectivity index (χ0n) is 6.48. The van der Waals surface area contributed by atoms with Crippen molar-refractivity contribution in [3.63, 3.8) is 0 Å². The lowest BCUT2D eigenvalue weighted by Crippen LogP contribution is -2.11. The smallest absolute Gasteiger partial charge is 0.248 e. The Hall–Kier alpha value is -1.05. The van der Waals surface area contributed by atoms with Crippen LogP contribution >= 0.6 is 0 Å². The first-order valence-corrected chi connectivity index (χ1v) is 3.23. The van der Waals surface area contributed by atoms with Gasteiger partial charge in [0, 0.05) is 5.57 Å². The Balaban J connectivity index is 4.13. The summed E-state index contributed by atoms with van der Waals surface area (Å²) < 4.78 is 0. The number of amides is 1. The minimum Gasteiger partial charge on any atom is -0.366 e. The van der Waals surface area contributed by atoms with Crippen LogP contribution in [0, 0.1) is 0 Å². The molecule has 0 saturated heterocycles. The van der Waals surface area contributed by atoms with Crippen LogP contribution in [0.1, 0.15) is 20.3 Å². The minimum absolute atomic E-state index is 0.374. The molecule has 0 saturated carbocycles. The number of hydrogen-bond acceptors (Lipinski definition) is 1. The van der Waals surface area contributed by atoms with Gasteiger partial charge in [-0.1, -0.05) is 25.2 Å². The third kappa shape index (κ3) is 3.07. The number of rotatable bonds is 3.